The number of carbonyl (C=O) groups is 1. The van der Waals surface area contributed by atoms with Crippen LogP contribution in [0.2, 0.25) is 0 Å². The number of carboxylic acid groups (broad SMARTS) is 1. The lowest BCUT2D eigenvalue weighted by molar-refractivity contribution is -0.137. The number of halogens is 1. The van der Waals surface area contributed by atoms with Crippen molar-refractivity contribution in [2.24, 2.45) is 16.5 Å². The van der Waals surface area contributed by atoms with Gasteiger partial charge in [-0.2, -0.15) is 0 Å². The molecule has 0 bridgehead atoms. The molecule has 0 aromatic carbocycles. The molecule has 5 nitrogen and oxygen atoms in total. The topological polar surface area (TPSA) is 102 Å². The second-order valence-electron chi connectivity index (χ2n) is 2.89. The zero-order valence-electron chi connectivity index (χ0n) is 9.74. The fourth-order valence-electron chi connectivity index (χ4n) is 0.777. The van der Waals surface area contributed by atoms with Gasteiger partial charge in [0.15, 0.2) is 0 Å². The van der Waals surface area contributed by atoms with E-state index in [4.69, 9.17) is 10.8 Å². The molecule has 0 aromatic rings. The highest BCUT2D eigenvalue weighted by Crippen LogP contribution is 2.03. The van der Waals surface area contributed by atoms with Crippen molar-refractivity contribution in [2.45, 2.75) is 26.2 Å². The molecule has 5 N–H and O–H groups in total. The van der Waals surface area contributed by atoms with Gasteiger partial charge < -0.3 is 16.6 Å². The number of allylic oxidation sites excluding steroid dienone is 1. The Bertz CT molecular complexity index is 248. The van der Waals surface area contributed by atoms with Crippen LogP contribution < -0.4 is 11.5 Å². The van der Waals surface area contributed by atoms with Crippen LogP contribution in [-0.2, 0) is 4.79 Å². The summed E-state index contributed by atoms with van der Waals surface area (Å²) >= 11 is 0. The fraction of sp³-hybridized carbons (Fsp3) is 0.600. The molecule has 0 aliphatic rings. The molecule has 0 saturated carbocycles. The summed E-state index contributed by atoms with van der Waals surface area (Å²) in [6.45, 7) is 1.52. The highest BCUT2D eigenvalue weighted by Gasteiger charge is 1.96. The molecule has 0 unspecified atom stereocenters. The maximum Gasteiger partial charge on any atom is 0.303 e. The molecule has 0 aliphatic heterocycles. The second kappa shape index (κ2) is 11.6. The van der Waals surface area contributed by atoms with Crippen LogP contribution in [0.1, 0.15) is 26.2 Å². The van der Waals surface area contributed by atoms with Crippen molar-refractivity contribution in [3.63, 3.8) is 0 Å². The molecule has 0 atom stereocenters. The molecule has 0 aliphatic carbocycles. The van der Waals surface area contributed by atoms with Crippen LogP contribution in [0.4, 0.5) is 4.39 Å². The van der Waals surface area contributed by atoms with Gasteiger partial charge in [-0.3, -0.25) is 9.79 Å². The Labute approximate surface area is 95.0 Å². The van der Waals surface area contributed by atoms with Crippen LogP contribution in [0.5, 0.6) is 0 Å². The number of amidine groups is 1. The first-order valence-corrected chi connectivity index (χ1v) is 4.93. The maximum absolute atomic E-state index is 12.8. The lowest BCUT2D eigenvalue weighted by atomic mass is 10.2. The number of unbranched alkanes of at least 4 members (excludes halogenated alkanes) is 1. The van der Waals surface area contributed by atoms with E-state index in [-0.39, 0.29) is 18.8 Å². The first-order chi connectivity index (χ1) is 7.52. The number of aliphatic imine (C=N–C) groups is 1. The minimum Gasteiger partial charge on any atom is -0.481 e. The van der Waals surface area contributed by atoms with E-state index in [1.807, 2.05) is 0 Å². The lowest BCUT2D eigenvalue weighted by Crippen LogP contribution is -2.06. The van der Waals surface area contributed by atoms with Gasteiger partial charge in [0.05, 0.1) is 12.4 Å². The third-order valence-corrected chi connectivity index (χ3v) is 1.44. The van der Waals surface area contributed by atoms with Crippen molar-refractivity contribution >= 4 is 11.8 Å². The summed E-state index contributed by atoms with van der Waals surface area (Å²) in [5.41, 5.74) is 9.71. The third-order valence-electron chi connectivity index (χ3n) is 1.44. The first-order valence-electron chi connectivity index (χ1n) is 4.93. The Morgan fingerprint density at radius 2 is 2.06 bits per heavy atom. The van der Waals surface area contributed by atoms with Crippen molar-refractivity contribution in [3.8, 4) is 0 Å². The molecule has 6 heteroatoms. The number of rotatable bonds is 6. The van der Waals surface area contributed by atoms with Crippen molar-refractivity contribution in [3.05, 3.63) is 11.9 Å². The van der Waals surface area contributed by atoms with E-state index >= 15 is 0 Å². The summed E-state index contributed by atoms with van der Waals surface area (Å²) in [6.07, 6.45) is 2.25. The fourth-order valence-corrected chi connectivity index (χ4v) is 0.777. The van der Waals surface area contributed by atoms with E-state index in [1.54, 1.807) is 6.92 Å². The largest absolute Gasteiger partial charge is 0.481 e. The smallest absolute Gasteiger partial charge is 0.303 e. The Hall–Kier alpha value is -1.43. The Balaban J connectivity index is 0. The van der Waals surface area contributed by atoms with E-state index in [9.17, 15) is 9.18 Å². The molecular formula is C10H20FN3O2. The van der Waals surface area contributed by atoms with Gasteiger partial charge >= 0.3 is 5.97 Å². The Morgan fingerprint density at radius 3 is 2.50 bits per heavy atom. The SMILES string of the molecule is CC(N)=NC/C(F)=C\CCCC(=O)O.CN. The van der Waals surface area contributed by atoms with Crippen LogP contribution in [0, 0.1) is 0 Å². The predicted octanol–water partition coefficient (Wildman–Crippen LogP) is 1.05. The number of nitrogens with zero attached hydrogens (tertiary/aromatic N) is 1. The van der Waals surface area contributed by atoms with Crippen LogP contribution in [0.25, 0.3) is 0 Å². The van der Waals surface area contributed by atoms with E-state index in [1.165, 1.54) is 13.1 Å². The number of hydrogen-bond donors (Lipinski definition) is 3. The van der Waals surface area contributed by atoms with Crippen LogP contribution in [-0.4, -0.2) is 30.5 Å². The van der Waals surface area contributed by atoms with Crippen molar-refractivity contribution in [1.29, 1.82) is 0 Å². The summed E-state index contributed by atoms with van der Waals surface area (Å²) in [6, 6.07) is 0. The zero-order valence-corrected chi connectivity index (χ0v) is 9.74. The van der Waals surface area contributed by atoms with Crippen LogP contribution >= 0.6 is 0 Å². The summed E-state index contributed by atoms with van der Waals surface area (Å²) in [7, 11) is 1.50. The molecule has 94 valence electrons. The van der Waals surface area contributed by atoms with Gasteiger partial charge in [-0.05, 0) is 26.8 Å². The number of hydrogen-bond acceptors (Lipinski definition) is 3. The Morgan fingerprint density at radius 1 is 1.50 bits per heavy atom. The highest BCUT2D eigenvalue weighted by atomic mass is 19.1. The highest BCUT2D eigenvalue weighted by molar-refractivity contribution is 5.77. The molecule has 16 heavy (non-hydrogen) atoms. The van der Waals surface area contributed by atoms with Gasteiger partial charge in [-0.1, -0.05) is 6.08 Å². The van der Waals surface area contributed by atoms with Gasteiger partial charge in [0, 0.05) is 6.42 Å². The number of carboxylic acids is 1. The van der Waals surface area contributed by atoms with Gasteiger partial charge in [-0.25, -0.2) is 4.39 Å². The normalized spacial score (nSPS) is 11.8. The average molecular weight is 233 g/mol. The monoisotopic (exact) mass is 233 g/mol. The molecule has 0 heterocycles. The first kappa shape index (κ1) is 17.0. The third kappa shape index (κ3) is 15.1. The number of nitrogens with two attached hydrogens (primary N) is 2. The Kier molecular flexibility index (Phi) is 12.4. The van der Waals surface area contributed by atoms with E-state index in [0.29, 0.717) is 18.7 Å². The minimum absolute atomic E-state index is 0.0585. The summed E-state index contributed by atoms with van der Waals surface area (Å²) in [5.74, 6) is -0.908. The predicted molar refractivity (Wildman–Crippen MR) is 63.0 cm³/mol. The lowest BCUT2D eigenvalue weighted by Gasteiger charge is -1.94. The van der Waals surface area contributed by atoms with E-state index in [0.717, 1.165) is 0 Å². The molecule has 0 spiro atoms. The zero-order chi connectivity index (χ0) is 13.0. The van der Waals surface area contributed by atoms with Gasteiger partial charge in [0.1, 0.15) is 5.83 Å². The van der Waals surface area contributed by atoms with E-state index in [2.05, 4.69) is 10.7 Å². The minimum atomic E-state index is -0.866. The number of aliphatic carboxylic acids is 1. The molecule has 0 rings (SSSR count). The molecular weight excluding hydrogens is 213 g/mol. The van der Waals surface area contributed by atoms with Gasteiger partial charge in [0.25, 0.3) is 0 Å². The van der Waals surface area contributed by atoms with Crippen molar-refractivity contribution in [1.82, 2.24) is 0 Å². The van der Waals surface area contributed by atoms with Crippen molar-refractivity contribution in [2.75, 3.05) is 13.6 Å². The quantitative estimate of drug-likeness (QED) is 0.362. The molecule has 0 amide bonds. The average Bonchev–Trinajstić information content (AvgIpc) is 2.24. The van der Waals surface area contributed by atoms with E-state index < -0.39 is 5.97 Å². The van der Waals surface area contributed by atoms with Gasteiger partial charge in [0.2, 0.25) is 0 Å². The molecule has 0 fully saturated rings. The molecule has 0 radical (unpaired) electrons. The standard InChI is InChI=1S/C9H15FN2O2.CH5N/c1-7(11)12-6-8(10)4-2-3-5-9(13)14;1-2/h4H,2-3,5-6H2,1H3,(H2,11,12)(H,13,14);2H2,1H3/b8-4+;. The molecule has 0 saturated heterocycles. The molecule has 0 aromatic heterocycles. The van der Waals surface area contributed by atoms with Gasteiger partial charge in [-0.15, -0.1) is 0 Å². The maximum atomic E-state index is 12.8. The second-order valence-corrected chi connectivity index (χ2v) is 2.89. The summed E-state index contributed by atoms with van der Waals surface area (Å²) in [5, 5.41) is 8.30. The summed E-state index contributed by atoms with van der Waals surface area (Å²) in [4.78, 5) is 13.8. The van der Waals surface area contributed by atoms with Crippen molar-refractivity contribution < 1.29 is 14.3 Å². The summed E-state index contributed by atoms with van der Waals surface area (Å²) < 4.78 is 12.8. The van der Waals surface area contributed by atoms with Crippen LogP contribution in [0.3, 0.4) is 0 Å². The van der Waals surface area contributed by atoms with Crippen LogP contribution in [0.15, 0.2) is 16.9 Å².